The first-order valence-electron chi connectivity index (χ1n) is 8.04. The van der Waals surface area contributed by atoms with Gasteiger partial charge in [-0.2, -0.15) is 0 Å². The number of rotatable bonds is 5. The molecule has 9 heteroatoms. The van der Waals surface area contributed by atoms with Crippen molar-refractivity contribution in [2.45, 2.75) is 6.54 Å². The standard InChI is InChI=1S/C20H11Cl2I2NO3S/c1-2-5-28-18-15(23)7-12(8-16(18)24)9-17-19(26)25(20(27)29-17)10-11-3-4-13(21)14(22)6-11/h1,3-4,6-9H,5,10H2/b17-9-. The molecule has 148 valence electrons. The van der Waals surface area contributed by atoms with E-state index in [0.717, 1.165) is 30.0 Å². The van der Waals surface area contributed by atoms with Crippen LogP contribution in [0.25, 0.3) is 6.08 Å². The van der Waals surface area contributed by atoms with Crippen LogP contribution >= 0.6 is 80.1 Å². The molecule has 4 nitrogen and oxygen atoms in total. The lowest BCUT2D eigenvalue weighted by Crippen LogP contribution is -2.27. The zero-order valence-corrected chi connectivity index (χ0v) is 21.2. The Balaban J connectivity index is 1.82. The van der Waals surface area contributed by atoms with Crippen molar-refractivity contribution in [2.24, 2.45) is 0 Å². The first kappa shape index (κ1) is 22.7. The number of hydrogen-bond donors (Lipinski definition) is 0. The molecule has 0 unspecified atom stereocenters. The number of imide groups is 1. The molecule has 0 spiro atoms. The van der Waals surface area contributed by atoms with Crippen LogP contribution in [-0.2, 0) is 11.3 Å². The predicted octanol–water partition coefficient (Wildman–Crippen LogP) is 6.45. The lowest BCUT2D eigenvalue weighted by atomic mass is 10.2. The molecule has 1 heterocycles. The van der Waals surface area contributed by atoms with E-state index in [0.29, 0.717) is 20.7 Å². The van der Waals surface area contributed by atoms with Gasteiger partial charge in [0, 0.05) is 0 Å². The van der Waals surface area contributed by atoms with Crippen molar-refractivity contribution in [3.63, 3.8) is 0 Å². The molecule has 2 aromatic rings. The van der Waals surface area contributed by atoms with Crippen molar-refractivity contribution >= 4 is 97.4 Å². The average Bonchev–Trinajstić information content (AvgIpc) is 2.91. The van der Waals surface area contributed by atoms with E-state index in [9.17, 15) is 9.59 Å². The quantitative estimate of drug-likeness (QED) is 0.209. The van der Waals surface area contributed by atoms with E-state index in [1.807, 2.05) is 12.1 Å². The molecule has 29 heavy (non-hydrogen) atoms. The van der Waals surface area contributed by atoms with E-state index in [1.165, 1.54) is 4.90 Å². The Morgan fingerprint density at radius 2 is 1.83 bits per heavy atom. The fourth-order valence-electron chi connectivity index (χ4n) is 2.52. The second kappa shape index (κ2) is 9.92. The van der Waals surface area contributed by atoms with Crippen LogP contribution in [0.1, 0.15) is 11.1 Å². The number of ether oxygens (including phenoxy) is 1. The zero-order chi connectivity index (χ0) is 21.1. The van der Waals surface area contributed by atoms with E-state index in [4.69, 9.17) is 34.4 Å². The summed E-state index contributed by atoms with van der Waals surface area (Å²) in [6, 6.07) is 8.78. The van der Waals surface area contributed by atoms with E-state index in [2.05, 4.69) is 51.1 Å². The third kappa shape index (κ3) is 5.41. The van der Waals surface area contributed by atoms with Gasteiger partial charge in [0.15, 0.2) is 0 Å². The van der Waals surface area contributed by atoms with Gasteiger partial charge in [-0.1, -0.05) is 35.2 Å². The van der Waals surface area contributed by atoms with Gasteiger partial charge >= 0.3 is 0 Å². The molecule has 2 amide bonds. The summed E-state index contributed by atoms with van der Waals surface area (Å²) in [7, 11) is 0. The molecule has 2 aromatic carbocycles. The minimum Gasteiger partial charge on any atom is -0.479 e. The number of carbonyl (C=O) groups excluding carboxylic acids is 2. The number of nitrogens with zero attached hydrogens (tertiary/aromatic N) is 1. The van der Waals surface area contributed by atoms with Gasteiger partial charge in [-0.15, -0.1) is 6.42 Å². The van der Waals surface area contributed by atoms with Crippen LogP contribution in [0.15, 0.2) is 35.2 Å². The summed E-state index contributed by atoms with van der Waals surface area (Å²) in [6.45, 7) is 0.311. The van der Waals surface area contributed by atoms with Gasteiger partial charge in [0.1, 0.15) is 12.4 Å². The van der Waals surface area contributed by atoms with E-state index >= 15 is 0 Å². The van der Waals surface area contributed by atoms with Crippen LogP contribution in [0.5, 0.6) is 5.75 Å². The van der Waals surface area contributed by atoms with E-state index in [-0.39, 0.29) is 24.3 Å². The van der Waals surface area contributed by atoms with Crippen molar-refractivity contribution < 1.29 is 14.3 Å². The number of hydrogen-bond acceptors (Lipinski definition) is 4. The topological polar surface area (TPSA) is 46.6 Å². The maximum atomic E-state index is 12.8. The summed E-state index contributed by atoms with van der Waals surface area (Å²) in [6.07, 6.45) is 6.95. The largest absolute Gasteiger partial charge is 0.479 e. The van der Waals surface area contributed by atoms with Crippen molar-refractivity contribution in [3.05, 3.63) is 63.5 Å². The van der Waals surface area contributed by atoms with Crippen LogP contribution in [0.2, 0.25) is 10.0 Å². The Bertz CT molecular complexity index is 1060. The van der Waals surface area contributed by atoms with Crippen molar-refractivity contribution in [2.75, 3.05) is 6.61 Å². The van der Waals surface area contributed by atoms with E-state index < -0.39 is 0 Å². The van der Waals surface area contributed by atoms with Crippen LogP contribution in [0, 0.1) is 19.5 Å². The Hall–Kier alpha value is -0.930. The molecule has 1 aliphatic heterocycles. The van der Waals surface area contributed by atoms with Gasteiger partial charge in [0.05, 0.1) is 28.6 Å². The summed E-state index contributed by atoms with van der Waals surface area (Å²) in [5, 5.41) is 0.469. The van der Waals surface area contributed by atoms with Crippen molar-refractivity contribution in [3.8, 4) is 18.1 Å². The Kier molecular flexibility index (Phi) is 7.78. The molecule has 0 aliphatic carbocycles. The molecule has 1 aliphatic rings. The van der Waals surface area contributed by atoms with Gasteiger partial charge in [0.25, 0.3) is 11.1 Å². The Morgan fingerprint density at radius 3 is 2.45 bits per heavy atom. The maximum Gasteiger partial charge on any atom is 0.293 e. The minimum atomic E-state index is -0.344. The lowest BCUT2D eigenvalue weighted by Gasteiger charge is -2.13. The van der Waals surface area contributed by atoms with Crippen molar-refractivity contribution in [1.29, 1.82) is 0 Å². The van der Waals surface area contributed by atoms with Crippen LogP contribution in [0.3, 0.4) is 0 Å². The first-order chi connectivity index (χ1) is 13.8. The van der Waals surface area contributed by atoms with Gasteiger partial charge < -0.3 is 4.74 Å². The molecule has 0 aromatic heterocycles. The fraction of sp³-hybridized carbons (Fsp3) is 0.100. The van der Waals surface area contributed by atoms with Crippen LogP contribution < -0.4 is 4.74 Å². The van der Waals surface area contributed by atoms with Gasteiger partial charge in [-0.05, 0) is 98.4 Å². The molecule has 3 rings (SSSR count). The summed E-state index contributed by atoms with van der Waals surface area (Å²) in [4.78, 5) is 26.7. The monoisotopic (exact) mass is 669 g/mol. The second-order valence-electron chi connectivity index (χ2n) is 5.82. The summed E-state index contributed by atoms with van der Waals surface area (Å²) in [5.74, 6) is 2.80. The molecule has 1 saturated heterocycles. The maximum absolute atomic E-state index is 12.8. The number of carbonyl (C=O) groups is 2. The van der Waals surface area contributed by atoms with Crippen LogP contribution in [0.4, 0.5) is 4.79 Å². The minimum absolute atomic E-state index is 0.132. The molecular formula is C20H11Cl2I2NO3S. The SMILES string of the molecule is C#CCOc1c(I)cc(/C=C2\SC(=O)N(Cc3ccc(Cl)c(Cl)c3)C2=O)cc1I. The summed E-state index contributed by atoms with van der Waals surface area (Å²) >= 11 is 17.2. The second-order valence-corrected chi connectivity index (χ2v) is 9.95. The Morgan fingerprint density at radius 1 is 1.14 bits per heavy atom. The molecule has 0 saturated carbocycles. The molecular weight excluding hydrogens is 659 g/mol. The third-order valence-corrected chi connectivity index (χ3v) is 7.07. The van der Waals surface area contributed by atoms with Crippen molar-refractivity contribution in [1.82, 2.24) is 4.90 Å². The average molecular weight is 670 g/mol. The molecule has 0 bridgehead atoms. The number of amides is 2. The van der Waals surface area contributed by atoms with E-state index in [1.54, 1.807) is 24.3 Å². The highest BCUT2D eigenvalue weighted by Crippen LogP contribution is 2.36. The molecule has 0 atom stereocenters. The van der Waals surface area contributed by atoms with Gasteiger partial charge in [-0.25, -0.2) is 0 Å². The third-order valence-electron chi connectivity index (χ3n) is 3.82. The number of terminal acetylenes is 1. The summed E-state index contributed by atoms with van der Waals surface area (Å²) < 4.78 is 7.29. The normalized spacial score (nSPS) is 15.1. The molecule has 0 radical (unpaired) electrons. The molecule has 1 fully saturated rings. The highest BCUT2D eigenvalue weighted by atomic mass is 127. The zero-order valence-electron chi connectivity index (χ0n) is 14.5. The highest BCUT2D eigenvalue weighted by molar-refractivity contribution is 14.1. The molecule has 0 N–H and O–H groups in total. The van der Waals surface area contributed by atoms with Crippen LogP contribution in [-0.4, -0.2) is 22.7 Å². The number of thioether (sulfide) groups is 1. The lowest BCUT2D eigenvalue weighted by molar-refractivity contribution is -0.123. The Labute approximate surface area is 209 Å². The highest BCUT2D eigenvalue weighted by Gasteiger charge is 2.35. The first-order valence-corrected chi connectivity index (χ1v) is 11.8. The number of halogens is 4. The van der Waals surface area contributed by atoms with Gasteiger partial charge in [-0.3, -0.25) is 14.5 Å². The fourth-order valence-corrected chi connectivity index (χ4v) is 5.81. The number of benzene rings is 2. The smallest absolute Gasteiger partial charge is 0.293 e. The van der Waals surface area contributed by atoms with Gasteiger partial charge in [0.2, 0.25) is 0 Å². The predicted molar refractivity (Wildman–Crippen MR) is 134 cm³/mol. The summed E-state index contributed by atoms with van der Waals surface area (Å²) in [5.41, 5.74) is 1.52.